The highest BCUT2D eigenvalue weighted by molar-refractivity contribution is 6.31. The number of aromatic nitrogens is 1. The second-order valence-electron chi connectivity index (χ2n) is 5.71. The zero-order valence-corrected chi connectivity index (χ0v) is 15.5. The lowest BCUT2D eigenvalue weighted by Crippen LogP contribution is -2.36. The van der Waals surface area contributed by atoms with Gasteiger partial charge in [0.05, 0.1) is 6.61 Å². The summed E-state index contributed by atoms with van der Waals surface area (Å²) in [6.07, 6.45) is 1.94. The maximum absolute atomic E-state index is 12.3. The van der Waals surface area contributed by atoms with Crippen LogP contribution in [-0.4, -0.2) is 23.6 Å². The molecule has 2 rings (SSSR count). The SMILES string of the molecule is CCCOc1ncccc1CNC(=O)C(C)Oc1ccc(Cl)c(C)c1. The highest BCUT2D eigenvalue weighted by Gasteiger charge is 2.16. The number of aryl methyl sites for hydroxylation is 1. The minimum absolute atomic E-state index is 0.210. The number of halogens is 1. The first kappa shape index (κ1) is 19.1. The summed E-state index contributed by atoms with van der Waals surface area (Å²) in [5.41, 5.74) is 1.73. The molecule has 1 N–H and O–H groups in total. The summed E-state index contributed by atoms with van der Waals surface area (Å²) in [4.78, 5) is 16.5. The van der Waals surface area contributed by atoms with Crippen LogP contribution < -0.4 is 14.8 Å². The molecule has 1 atom stereocenters. The lowest BCUT2D eigenvalue weighted by Gasteiger charge is -2.16. The van der Waals surface area contributed by atoms with Crippen LogP contribution in [0.5, 0.6) is 11.6 Å². The second kappa shape index (κ2) is 9.28. The monoisotopic (exact) mass is 362 g/mol. The first-order chi connectivity index (χ1) is 12.0. The van der Waals surface area contributed by atoms with Gasteiger partial charge in [-0.1, -0.05) is 24.6 Å². The van der Waals surface area contributed by atoms with E-state index in [9.17, 15) is 4.79 Å². The van der Waals surface area contributed by atoms with E-state index in [0.29, 0.717) is 29.8 Å². The smallest absolute Gasteiger partial charge is 0.261 e. The minimum atomic E-state index is -0.628. The largest absolute Gasteiger partial charge is 0.481 e. The van der Waals surface area contributed by atoms with Crippen molar-refractivity contribution in [2.24, 2.45) is 0 Å². The van der Waals surface area contributed by atoms with Crippen molar-refractivity contribution in [3.8, 4) is 11.6 Å². The van der Waals surface area contributed by atoms with E-state index in [0.717, 1.165) is 17.5 Å². The summed E-state index contributed by atoms with van der Waals surface area (Å²) in [6.45, 7) is 6.55. The van der Waals surface area contributed by atoms with Crippen LogP contribution in [0.1, 0.15) is 31.4 Å². The van der Waals surface area contributed by atoms with Gasteiger partial charge in [0.25, 0.3) is 5.91 Å². The van der Waals surface area contributed by atoms with Gasteiger partial charge < -0.3 is 14.8 Å². The maximum Gasteiger partial charge on any atom is 0.261 e. The number of amides is 1. The number of pyridine rings is 1. The van der Waals surface area contributed by atoms with Crippen molar-refractivity contribution in [1.82, 2.24) is 10.3 Å². The molecule has 0 aliphatic rings. The minimum Gasteiger partial charge on any atom is -0.481 e. The third-order valence-electron chi connectivity index (χ3n) is 3.56. The lowest BCUT2D eigenvalue weighted by atomic mass is 10.2. The van der Waals surface area contributed by atoms with Gasteiger partial charge in [-0.15, -0.1) is 0 Å². The van der Waals surface area contributed by atoms with E-state index in [4.69, 9.17) is 21.1 Å². The molecular weight excluding hydrogens is 340 g/mol. The first-order valence-corrected chi connectivity index (χ1v) is 8.66. The summed E-state index contributed by atoms with van der Waals surface area (Å²) in [7, 11) is 0. The Bertz CT molecular complexity index is 722. The van der Waals surface area contributed by atoms with Gasteiger partial charge in [-0.25, -0.2) is 4.98 Å². The lowest BCUT2D eigenvalue weighted by molar-refractivity contribution is -0.127. The number of ether oxygens (including phenoxy) is 2. The summed E-state index contributed by atoms with van der Waals surface area (Å²) in [5.74, 6) is 0.947. The topological polar surface area (TPSA) is 60.5 Å². The van der Waals surface area contributed by atoms with Crippen molar-refractivity contribution in [3.63, 3.8) is 0 Å². The Hall–Kier alpha value is -2.27. The van der Waals surface area contributed by atoms with Crippen LogP contribution >= 0.6 is 11.6 Å². The van der Waals surface area contributed by atoms with Crippen molar-refractivity contribution < 1.29 is 14.3 Å². The molecule has 5 nitrogen and oxygen atoms in total. The Balaban J connectivity index is 1.92. The third kappa shape index (κ3) is 5.64. The number of nitrogens with zero attached hydrogens (tertiary/aromatic N) is 1. The first-order valence-electron chi connectivity index (χ1n) is 8.28. The molecule has 0 saturated heterocycles. The number of carbonyl (C=O) groups excluding carboxylic acids is 1. The maximum atomic E-state index is 12.3. The van der Waals surface area contributed by atoms with E-state index in [2.05, 4.69) is 10.3 Å². The second-order valence-corrected chi connectivity index (χ2v) is 6.11. The fraction of sp³-hybridized carbons (Fsp3) is 0.368. The van der Waals surface area contributed by atoms with E-state index < -0.39 is 6.10 Å². The molecule has 1 aromatic heterocycles. The molecule has 0 fully saturated rings. The number of nitrogens with one attached hydrogen (secondary N) is 1. The van der Waals surface area contributed by atoms with E-state index in [-0.39, 0.29) is 5.91 Å². The molecule has 1 unspecified atom stereocenters. The van der Waals surface area contributed by atoms with E-state index in [1.807, 2.05) is 32.0 Å². The van der Waals surface area contributed by atoms with E-state index in [1.165, 1.54) is 0 Å². The van der Waals surface area contributed by atoms with E-state index in [1.54, 1.807) is 25.3 Å². The molecule has 1 aromatic carbocycles. The number of hydrogen-bond donors (Lipinski definition) is 1. The van der Waals surface area contributed by atoms with E-state index >= 15 is 0 Å². The molecule has 1 amide bonds. The standard InChI is InChI=1S/C19H23ClN2O3/c1-4-10-24-19-15(6-5-9-21-19)12-22-18(23)14(3)25-16-7-8-17(20)13(2)11-16/h5-9,11,14H,4,10,12H2,1-3H3,(H,22,23). The van der Waals surface area contributed by atoms with Gasteiger partial charge >= 0.3 is 0 Å². The summed E-state index contributed by atoms with van der Waals surface area (Å²) in [6, 6.07) is 9.01. The third-order valence-corrected chi connectivity index (χ3v) is 3.98. The highest BCUT2D eigenvalue weighted by atomic mass is 35.5. The molecular formula is C19H23ClN2O3. The summed E-state index contributed by atoms with van der Waals surface area (Å²) >= 11 is 6.00. The summed E-state index contributed by atoms with van der Waals surface area (Å²) < 4.78 is 11.3. The Morgan fingerprint density at radius 1 is 1.36 bits per heavy atom. The van der Waals surface area contributed by atoms with Gasteiger partial charge in [0.15, 0.2) is 6.10 Å². The van der Waals surface area contributed by atoms with Crippen LogP contribution in [0.25, 0.3) is 0 Å². The van der Waals surface area contributed by atoms with Crippen molar-refractivity contribution >= 4 is 17.5 Å². The quantitative estimate of drug-likeness (QED) is 0.773. The number of benzene rings is 1. The molecule has 6 heteroatoms. The molecule has 0 aliphatic carbocycles. The number of carbonyl (C=O) groups is 1. The van der Waals surface area contributed by atoms with Gasteiger partial charge in [0.2, 0.25) is 5.88 Å². The highest BCUT2D eigenvalue weighted by Crippen LogP contribution is 2.22. The Kier molecular flexibility index (Phi) is 7.07. The Morgan fingerprint density at radius 2 is 2.16 bits per heavy atom. The van der Waals surface area contributed by atoms with Gasteiger partial charge in [-0.2, -0.15) is 0 Å². The molecule has 0 aliphatic heterocycles. The summed E-state index contributed by atoms with van der Waals surface area (Å²) in [5, 5.41) is 3.52. The van der Waals surface area contributed by atoms with Crippen molar-refractivity contribution in [3.05, 3.63) is 52.7 Å². The average molecular weight is 363 g/mol. The zero-order valence-electron chi connectivity index (χ0n) is 14.7. The Morgan fingerprint density at radius 3 is 2.88 bits per heavy atom. The zero-order chi connectivity index (χ0) is 18.2. The fourth-order valence-electron chi connectivity index (χ4n) is 2.16. The molecule has 0 bridgehead atoms. The van der Waals surface area contributed by atoms with Crippen LogP contribution in [0.4, 0.5) is 0 Å². The van der Waals surface area contributed by atoms with Crippen molar-refractivity contribution in [1.29, 1.82) is 0 Å². The molecule has 0 spiro atoms. The molecule has 134 valence electrons. The van der Waals surface area contributed by atoms with Crippen molar-refractivity contribution in [2.75, 3.05) is 6.61 Å². The Labute approximate surface area is 153 Å². The molecule has 25 heavy (non-hydrogen) atoms. The van der Waals surface area contributed by atoms with Gasteiger partial charge in [0.1, 0.15) is 5.75 Å². The van der Waals surface area contributed by atoms with Crippen LogP contribution in [0.2, 0.25) is 5.02 Å². The number of rotatable bonds is 8. The van der Waals surface area contributed by atoms with Crippen LogP contribution in [0, 0.1) is 6.92 Å². The average Bonchev–Trinajstić information content (AvgIpc) is 2.61. The predicted octanol–water partition coefficient (Wildman–Crippen LogP) is 3.92. The molecule has 0 saturated carbocycles. The molecule has 1 heterocycles. The van der Waals surface area contributed by atoms with Gasteiger partial charge in [0, 0.05) is 23.3 Å². The van der Waals surface area contributed by atoms with Crippen LogP contribution in [0.15, 0.2) is 36.5 Å². The molecule has 2 aromatic rings. The normalized spacial score (nSPS) is 11.7. The van der Waals surface area contributed by atoms with Gasteiger partial charge in [-0.05, 0) is 50.1 Å². The predicted molar refractivity (Wildman–Crippen MR) is 98.1 cm³/mol. The number of hydrogen-bond acceptors (Lipinski definition) is 4. The molecule has 0 radical (unpaired) electrons. The fourth-order valence-corrected chi connectivity index (χ4v) is 2.28. The van der Waals surface area contributed by atoms with Crippen LogP contribution in [-0.2, 0) is 11.3 Å². The van der Waals surface area contributed by atoms with Gasteiger partial charge in [-0.3, -0.25) is 4.79 Å². The van der Waals surface area contributed by atoms with Crippen LogP contribution in [0.3, 0.4) is 0 Å². The van der Waals surface area contributed by atoms with Crippen molar-refractivity contribution in [2.45, 2.75) is 39.8 Å².